The third-order valence-corrected chi connectivity index (χ3v) is 2.28. The smallest absolute Gasteiger partial charge is 0.304 e. The molecule has 0 saturated heterocycles. The van der Waals surface area contributed by atoms with E-state index in [4.69, 9.17) is 0 Å². The van der Waals surface area contributed by atoms with Gasteiger partial charge in [-0.3, -0.25) is 4.79 Å². The standard InChI is InChI=1S/C14H24O3/c1-3-4-5-6-7-8-9-10-11-12-14(16)17-13(2)15/h3-4,10-11,14,16H,5-9,12H2,1-2H3/b4-3+,11-10+. The highest BCUT2D eigenvalue weighted by molar-refractivity contribution is 5.66. The number of hydrogen-bond donors (Lipinski definition) is 1. The summed E-state index contributed by atoms with van der Waals surface area (Å²) in [6.07, 6.45) is 13.3. The SMILES string of the molecule is C/C=C/CCCCC/C=C/CC(O)OC(C)=O. The van der Waals surface area contributed by atoms with Crippen molar-refractivity contribution >= 4 is 5.97 Å². The van der Waals surface area contributed by atoms with Gasteiger partial charge >= 0.3 is 5.97 Å². The van der Waals surface area contributed by atoms with Crippen molar-refractivity contribution in [1.29, 1.82) is 0 Å². The molecular formula is C14H24O3. The van der Waals surface area contributed by atoms with E-state index >= 15 is 0 Å². The summed E-state index contributed by atoms with van der Waals surface area (Å²) < 4.78 is 4.58. The molecule has 0 rings (SSSR count). The minimum atomic E-state index is -1.00. The summed E-state index contributed by atoms with van der Waals surface area (Å²) in [6, 6.07) is 0. The van der Waals surface area contributed by atoms with Crippen LogP contribution < -0.4 is 0 Å². The summed E-state index contributed by atoms with van der Waals surface area (Å²) in [7, 11) is 0. The molecule has 0 bridgehead atoms. The van der Waals surface area contributed by atoms with Gasteiger partial charge in [-0.2, -0.15) is 0 Å². The van der Waals surface area contributed by atoms with Crippen molar-refractivity contribution in [2.75, 3.05) is 0 Å². The monoisotopic (exact) mass is 240 g/mol. The van der Waals surface area contributed by atoms with Gasteiger partial charge in [0.1, 0.15) is 0 Å². The lowest BCUT2D eigenvalue weighted by atomic mass is 10.1. The molecule has 0 spiro atoms. The van der Waals surface area contributed by atoms with Crippen molar-refractivity contribution < 1.29 is 14.6 Å². The number of aliphatic hydroxyl groups is 1. The number of unbranched alkanes of at least 4 members (excludes halogenated alkanes) is 4. The van der Waals surface area contributed by atoms with E-state index in [1.54, 1.807) is 0 Å². The van der Waals surface area contributed by atoms with Crippen molar-refractivity contribution in [2.45, 2.75) is 58.7 Å². The van der Waals surface area contributed by atoms with Crippen LogP contribution in [0, 0.1) is 0 Å². The van der Waals surface area contributed by atoms with Gasteiger partial charge in [0.2, 0.25) is 6.29 Å². The molecule has 1 N–H and O–H groups in total. The van der Waals surface area contributed by atoms with Crippen molar-refractivity contribution in [2.24, 2.45) is 0 Å². The first-order valence-electron chi connectivity index (χ1n) is 6.28. The average molecular weight is 240 g/mol. The molecule has 3 nitrogen and oxygen atoms in total. The van der Waals surface area contributed by atoms with E-state index in [1.807, 2.05) is 19.1 Å². The molecule has 0 aliphatic heterocycles. The van der Waals surface area contributed by atoms with Crippen LogP contribution in [0.3, 0.4) is 0 Å². The molecule has 0 heterocycles. The van der Waals surface area contributed by atoms with Gasteiger partial charge in [0.05, 0.1) is 0 Å². The van der Waals surface area contributed by atoms with Crippen molar-refractivity contribution in [1.82, 2.24) is 0 Å². The van der Waals surface area contributed by atoms with Gasteiger partial charge in [-0.1, -0.05) is 30.7 Å². The molecule has 0 saturated carbocycles. The Morgan fingerprint density at radius 3 is 2.41 bits per heavy atom. The number of carbonyl (C=O) groups excluding carboxylic acids is 1. The van der Waals surface area contributed by atoms with E-state index < -0.39 is 12.3 Å². The molecule has 98 valence electrons. The Morgan fingerprint density at radius 1 is 1.18 bits per heavy atom. The third-order valence-electron chi connectivity index (χ3n) is 2.28. The molecule has 0 amide bonds. The molecule has 1 atom stereocenters. The molecule has 0 radical (unpaired) electrons. The Balaban J connectivity index is 3.33. The van der Waals surface area contributed by atoms with Gasteiger partial charge in [-0.05, 0) is 32.6 Å². The summed E-state index contributed by atoms with van der Waals surface area (Å²) in [5.74, 6) is -0.449. The number of aliphatic hydroxyl groups excluding tert-OH is 1. The summed E-state index contributed by atoms with van der Waals surface area (Å²) >= 11 is 0. The number of ether oxygens (including phenoxy) is 1. The van der Waals surface area contributed by atoms with Crippen LogP contribution in [0.15, 0.2) is 24.3 Å². The second-order valence-corrected chi connectivity index (χ2v) is 3.98. The zero-order valence-corrected chi connectivity index (χ0v) is 10.9. The Hall–Kier alpha value is -1.09. The third kappa shape index (κ3) is 12.8. The number of allylic oxidation sites excluding steroid dienone is 3. The number of rotatable bonds is 9. The van der Waals surface area contributed by atoms with Crippen LogP contribution in [0.1, 0.15) is 52.4 Å². The minimum absolute atomic E-state index is 0.373. The van der Waals surface area contributed by atoms with Gasteiger partial charge in [0.25, 0.3) is 0 Å². The fourth-order valence-corrected chi connectivity index (χ4v) is 1.44. The summed E-state index contributed by atoms with van der Waals surface area (Å²) in [5.41, 5.74) is 0. The first-order valence-corrected chi connectivity index (χ1v) is 6.28. The lowest BCUT2D eigenvalue weighted by Crippen LogP contribution is -2.13. The lowest BCUT2D eigenvalue weighted by Gasteiger charge is -2.06. The van der Waals surface area contributed by atoms with E-state index in [0.717, 1.165) is 19.3 Å². The van der Waals surface area contributed by atoms with Crippen LogP contribution in [0.2, 0.25) is 0 Å². The molecule has 1 unspecified atom stereocenters. The van der Waals surface area contributed by atoms with Crippen LogP contribution in [-0.4, -0.2) is 17.4 Å². The van der Waals surface area contributed by atoms with Gasteiger partial charge in [0, 0.05) is 13.3 Å². The summed E-state index contributed by atoms with van der Waals surface area (Å²) in [4.78, 5) is 10.5. The zero-order valence-electron chi connectivity index (χ0n) is 10.9. The predicted octanol–water partition coefficient (Wildman–Crippen LogP) is 3.34. The van der Waals surface area contributed by atoms with Crippen LogP contribution >= 0.6 is 0 Å². The number of carbonyl (C=O) groups is 1. The lowest BCUT2D eigenvalue weighted by molar-refractivity contribution is -0.164. The van der Waals surface area contributed by atoms with Crippen molar-refractivity contribution in [3.8, 4) is 0 Å². The molecule has 17 heavy (non-hydrogen) atoms. The molecule has 0 fully saturated rings. The molecule has 0 aromatic carbocycles. The van der Waals surface area contributed by atoms with Gasteiger partial charge in [-0.25, -0.2) is 0 Å². The quantitative estimate of drug-likeness (QED) is 0.291. The fourth-order valence-electron chi connectivity index (χ4n) is 1.44. The Labute approximate surface area is 104 Å². The van der Waals surface area contributed by atoms with E-state index in [0.29, 0.717) is 6.42 Å². The maximum atomic E-state index is 10.5. The van der Waals surface area contributed by atoms with E-state index in [2.05, 4.69) is 16.9 Å². The highest BCUT2D eigenvalue weighted by atomic mass is 16.6. The first kappa shape index (κ1) is 15.9. The highest BCUT2D eigenvalue weighted by Gasteiger charge is 2.03. The van der Waals surface area contributed by atoms with Gasteiger partial charge < -0.3 is 9.84 Å². The van der Waals surface area contributed by atoms with Crippen molar-refractivity contribution in [3.63, 3.8) is 0 Å². The van der Waals surface area contributed by atoms with Crippen LogP contribution in [0.5, 0.6) is 0 Å². The Bertz CT molecular complexity index is 244. The molecular weight excluding hydrogens is 216 g/mol. The van der Waals surface area contributed by atoms with E-state index in [9.17, 15) is 9.90 Å². The Morgan fingerprint density at radius 2 is 1.82 bits per heavy atom. The topological polar surface area (TPSA) is 46.5 Å². The molecule has 0 aromatic heterocycles. The van der Waals surface area contributed by atoms with E-state index in [-0.39, 0.29) is 0 Å². The Kier molecular flexibility index (Phi) is 10.7. The molecule has 0 aromatic rings. The van der Waals surface area contributed by atoms with Crippen molar-refractivity contribution in [3.05, 3.63) is 24.3 Å². The second kappa shape index (κ2) is 11.4. The first-order chi connectivity index (χ1) is 8.16. The number of hydrogen-bond acceptors (Lipinski definition) is 3. The van der Waals surface area contributed by atoms with Crippen LogP contribution in [0.4, 0.5) is 0 Å². The highest BCUT2D eigenvalue weighted by Crippen LogP contribution is 2.05. The van der Waals surface area contributed by atoms with Crippen LogP contribution in [0.25, 0.3) is 0 Å². The van der Waals surface area contributed by atoms with Crippen LogP contribution in [-0.2, 0) is 9.53 Å². The molecule has 3 heteroatoms. The van der Waals surface area contributed by atoms with Gasteiger partial charge in [0.15, 0.2) is 0 Å². The zero-order chi connectivity index (χ0) is 12.9. The average Bonchev–Trinajstić information content (AvgIpc) is 2.26. The summed E-state index contributed by atoms with van der Waals surface area (Å²) in [5, 5.41) is 9.22. The second-order valence-electron chi connectivity index (χ2n) is 3.98. The van der Waals surface area contributed by atoms with Gasteiger partial charge in [-0.15, -0.1) is 0 Å². The largest absolute Gasteiger partial charge is 0.436 e. The maximum Gasteiger partial charge on any atom is 0.304 e. The molecule has 0 aliphatic rings. The minimum Gasteiger partial charge on any atom is -0.436 e. The molecule has 0 aliphatic carbocycles. The normalized spacial score (nSPS) is 13.4. The van der Waals surface area contributed by atoms with E-state index in [1.165, 1.54) is 19.8 Å². The fraction of sp³-hybridized carbons (Fsp3) is 0.643. The summed E-state index contributed by atoms with van der Waals surface area (Å²) in [6.45, 7) is 3.33. The maximum absolute atomic E-state index is 10.5. The predicted molar refractivity (Wildman–Crippen MR) is 69.4 cm³/mol. The number of esters is 1.